The maximum Gasteiger partial charge on any atom is 0.335 e. The van der Waals surface area contributed by atoms with Crippen LogP contribution in [0.3, 0.4) is 0 Å². The van der Waals surface area contributed by atoms with E-state index in [2.05, 4.69) is 6.58 Å². The van der Waals surface area contributed by atoms with E-state index in [0.29, 0.717) is 5.56 Å². The van der Waals surface area contributed by atoms with Gasteiger partial charge in [-0.15, -0.1) is 17.0 Å². The molecule has 3 heteroatoms. The minimum Gasteiger partial charge on any atom is -0.478 e. The first-order chi connectivity index (χ1) is 5.24. The molecule has 0 fully saturated rings. The van der Waals surface area contributed by atoms with E-state index < -0.39 is 5.97 Å². The van der Waals surface area contributed by atoms with Crippen molar-refractivity contribution in [2.24, 2.45) is 0 Å². The van der Waals surface area contributed by atoms with Gasteiger partial charge >= 0.3 is 5.97 Å². The van der Waals surface area contributed by atoms with E-state index in [4.69, 9.17) is 5.11 Å². The molecule has 1 N–H and O–H groups in total. The van der Waals surface area contributed by atoms with E-state index in [1.54, 1.807) is 30.3 Å². The van der Waals surface area contributed by atoms with Gasteiger partial charge in [-0.05, 0) is 17.7 Å². The number of benzene rings is 1. The molecular weight excluding hydrogens is 220 g/mol. The van der Waals surface area contributed by atoms with E-state index in [1.807, 2.05) is 0 Å². The van der Waals surface area contributed by atoms with Crippen molar-refractivity contribution < 1.29 is 9.90 Å². The van der Waals surface area contributed by atoms with Gasteiger partial charge in [-0.3, -0.25) is 0 Å². The minimum atomic E-state index is -0.902. The van der Waals surface area contributed by atoms with Crippen molar-refractivity contribution in [2.75, 3.05) is 0 Å². The maximum absolute atomic E-state index is 10.4. The highest BCUT2D eigenvalue weighted by molar-refractivity contribution is 8.93. The fourth-order valence-electron chi connectivity index (χ4n) is 0.762. The lowest BCUT2D eigenvalue weighted by Crippen LogP contribution is -1.94. The summed E-state index contributed by atoms with van der Waals surface area (Å²) in [7, 11) is 0. The van der Waals surface area contributed by atoms with E-state index >= 15 is 0 Å². The van der Waals surface area contributed by atoms with Crippen molar-refractivity contribution in [3.05, 3.63) is 42.0 Å². The number of carbonyl (C=O) groups is 1. The Labute approximate surface area is 81.3 Å². The largest absolute Gasteiger partial charge is 0.478 e. The zero-order valence-electron chi connectivity index (χ0n) is 6.36. The summed E-state index contributed by atoms with van der Waals surface area (Å²) < 4.78 is 0. The van der Waals surface area contributed by atoms with Gasteiger partial charge in [-0.1, -0.05) is 24.8 Å². The highest BCUT2D eigenvalue weighted by Crippen LogP contribution is 2.04. The number of halogens is 1. The van der Waals surface area contributed by atoms with Gasteiger partial charge in [0.05, 0.1) is 5.56 Å². The third kappa shape index (κ3) is 2.51. The van der Waals surface area contributed by atoms with Crippen molar-refractivity contribution in [3.63, 3.8) is 0 Å². The van der Waals surface area contributed by atoms with Gasteiger partial charge < -0.3 is 5.11 Å². The van der Waals surface area contributed by atoms with Crippen molar-refractivity contribution >= 4 is 29.0 Å². The van der Waals surface area contributed by atoms with E-state index in [0.717, 1.165) is 5.56 Å². The van der Waals surface area contributed by atoms with E-state index in [1.165, 1.54) is 0 Å². The highest BCUT2D eigenvalue weighted by atomic mass is 79.9. The second kappa shape index (κ2) is 4.72. The summed E-state index contributed by atoms with van der Waals surface area (Å²) in [5.74, 6) is -0.902. The summed E-state index contributed by atoms with van der Waals surface area (Å²) in [6, 6.07) is 6.55. The second-order valence-electron chi connectivity index (χ2n) is 2.13. The summed E-state index contributed by atoms with van der Waals surface area (Å²) in [4.78, 5) is 10.4. The molecule has 0 amide bonds. The molecule has 0 atom stereocenters. The molecule has 0 aliphatic rings. The third-order valence-corrected chi connectivity index (χ3v) is 1.39. The van der Waals surface area contributed by atoms with Crippen LogP contribution in [0.4, 0.5) is 0 Å². The number of aromatic carboxylic acids is 1. The molecule has 0 saturated heterocycles. The molecule has 1 aromatic carbocycles. The fraction of sp³-hybridized carbons (Fsp3) is 0. The van der Waals surface area contributed by atoms with Crippen molar-refractivity contribution in [2.45, 2.75) is 0 Å². The zero-order chi connectivity index (χ0) is 8.27. The van der Waals surface area contributed by atoms with E-state index in [-0.39, 0.29) is 17.0 Å². The Bertz CT molecular complexity index is 277. The van der Waals surface area contributed by atoms with Gasteiger partial charge in [0.15, 0.2) is 0 Å². The number of hydrogen-bond donors (Lipinski definition) is 1. The number of rotatable bonds is 2. The van der Waals surface area contributed by atoms with Crippen LogP contribution in [0, 0.1) is 0 Å². The van der Waals surface area contributed by atoms with Gasteiger partial charge in [0.2, 0.25) is 0 Å². The molecule has 0 unspecified atom stereocenters. The van der Waals surface area contributed by atoms with Gasteiger partial charge in [0.1, 0.15) is 0 Å². The van der Waals surface area contributed by atoms with Gasteiger partial charge in [-0.2, -0.15) is 0 Å². The van der Waals surface area contributed by atoms with Crippen LogP contribution < -0.4 is 0 Å². The van der Waals surface area contributed by atoms with Crippen LogP contribution in [0.15, 0.2) is 30.8 Å². The van der Waals surface area contributed by atoms with Crippen LogP contribution in [0.25, 0.3) is 6.08 Å². The molecule has 0 aliphatic carbocycles. The first-order valence-electron chi connectivity index (χ1n) is 3.20. The molecule has 0 heterocycles. The third-order valence-electron chi connectivity index (χ3n) is 1.39. The minimum absolute atomic E-state index is 0. The molecular formula is C9H9BrO2. The Morgan fingerprint density at radius 3 is 2.17 bits per heavy atom. The first kappa shape index (κ1) is 10.9. The van der Waals surface area contributed by atoms with Crippen LogP contribution in [-0.2, 0) is 0 Å². The van der Waals surface area contributed by atoms with Crippen LogP contribution in [0.5, 0.6) is 0 Å². The van der Waals surface area contributed by atoms with E-state index in [9.17, 15) is 4.79 Å². The molecule has 2 nitrogen and oxygen atoms in total. The molecule has 12 heavy (non-hydrogen) atoms. The smallest absolute Gasteiger partial charge is 0.335 e. The molecule has 0 saturated carbocycles. The molecule has 1 rings (SSSR count). The Morgan fingerprint density at radius 1 is 1.33 bits per heavy atom. The number of hydrogen-bond acceptors (Lipinski definition) is 1. The predicted molar refractivity (Wildman–Crippen MR) is 53.8 cm³/mol. The zero-order valence-corrected chi connectivity index (χ0v) is 8.07. The lowest BCUT2D eigenvalue weighted by Gasteiger charge is -1.93. The fourth-order valence-corrected chi connectivity index (χ4v) is 0.762. The predicted octanol–water partition coefficient (Wildman–Crippen LogP) is 2.61. The normalized spacial score (nSPS) is 8.33. The highest BCUT2D eigenvalue weighted by Gasteiger charge is 1.99. The summed E-state index contributed by atoms with van der Waals surface area (Å²) in [5, 5.41) is 8.52. The molecule has 0 aliphatic heterocycles. The van der Waals surface area contributed by atoms with Gasteiger partial charge in [0, 0.05) is 0 Å². The topological polar surface area (TPSA) is 37.3 Å². The maximum atomic E-state index is 10.4. The SMILES string of the molecule is Br.C=Cc1ccc(C(=O)O)cc1. The van der Waals surface area contributed by atoms with Crippen molar-refractivity contribution in [3.8, 4) is 0 Å². The molecule has 0 aromatic heterocycles. The second-order valence-corrected chi connectivity index (χ2v) is 2.13. The van der Waals surface area contributed by atoms with Crippen LogP contribution in [0.2, 0.25) is 0 Å². The molecule has 1 aromatic rings. The Kier molecular flexibility index (Phi) is 4.29. The summed E-state index contributed by atoms with van der Waals surface area (Å²) >= 11 is 0. The first-order valence-corrected chi connectivity index (χ1v) is 3.20. The van der Waals surface area contributed by atoms with Crippen molar-refractivity contribution in [1.29, 1.82) is 0 Å². The Hall–Kier alpha value is -1.09. The summed E-state index contributed by atoms with van der Waals surface area (Å²) in [6.45, 7) is 3.56. The Morgan fingerprint density at radius 2 is 1.83 bits per heavy atom. The quantitative estimate of drug-likeness (QED) is 0.846. The molecule has 0 bridgehead atoms. The Balaban J connectivity index is 0.00000121. The van der Waals surface area contributed by atoms with Gasteiger partial charge in [-0.25, -0.2) is 4.79 Å². The van der Waals surface area contributed by atoms with Gasteiger partial charge in [0.25, 0.3) is 0 Å². The average molecular weight is 229 g/mol. The molecule has 64 valence electrons. The monoisotopic (exact) mass is 228 g/mol. The molecule has 0 radical (unpaired) electrons. The number of carboxylic acids is 1. The summed E-state index contributed by atoms with van der Waals surface area (Å²) in [6.07, 6.45) is 1.67. The lowest BCUT2D eigenvalue weighted by molar-refractivity contribution is 0.0697. The average Bonchev–Trinajstić information content (AvgIpc) is 2.05. The van der Waals surface area contributed by atoms with Crippen LogP contribution in [0.1, 0.15) is 15.9 Å². The van der Waals surface area contributed by atoms with Crippen LogP contribution in [-0.4, -0.2) is 11.1 Å². The van der Waals surface area contributed by atoms with Crippen molar-refractivity contribution in [1.82, 2.24) is 0 Å². The van der Waals surface area contributed by atoms with Crippen LogP contribution >= 0.6 is 17.0 Å². The summed E-state index contributed by atoms with van der Waals surface area (Å²) in [5.41, 5.74) is 1.23. The number of carboxylic acid groups (broad SMARTS) is 1. The lowest BCUT2D eigenvalue weighted by atomic mass is 10.1. The molecule has 0 spiro atoms. The standard InChI is InChI=1S/C9H8O2.BrH/c1-2-7-3-5-8(6-4-7)9(10)11;/h2-6H,1H2,(H,10,11);1H.